The molecule has 1 amide bonds. The van der Waals surface area contributed by atoms with Crippen molar-refractivity contribution in [2.45, 2.75) is 25.3 Å². The second-order valence-corrected chi connectivity index (χ2v) is 5.20. The molecule has 6 heteroatoms. The first-order chi connectivity index (χ1) is 9.24. The van der Waals surface area contributed by atoms with Gasteiger partial charge in [-0.25, -0.2) is 0 Å². The fraction of sp³-hybridized carbons (Fsp3) is 0.429. The van der Waals surface area contributed by atoms with E-state index in [0.29, 0.717) is 18.9 Å². The maximum Gasteiger partial charge on any atom is 0.226 e. The fourth-order valence-electron chi connectivity index (χ4n) is 2.29. The Labute approximate surface area is 123 Å². The number of para-hydroxylation sites is 1. The predicted octanol–water partition coefficient (Wildman–Crippen LogP) is 1.38. The zero-order valence-corrected chi connectivity index (χ0v) is 12.0. The van der Waals surface area contributed by atoms with Crippen molar-refractivity contribution < 1.29 is 4.79 Å². The highest BCUT2D eigenvalue weighted by Crippen LogP contribution is 2.31. The molecule has 0 saturated heterocycles. The zero-order chi connectivity index (χ0) is 13.2. The van der Waals surface area contributed by atoms with Gasteiger partial charge in [-0.3, -0.25) is 9.89 Å². The van der Waals surface area contributed by atoms with Gasteiger partial charge in [0.2, 0.25) is 5.91 Å². The van der Waals surface area contributed by atoms with E-state index in [0.717, 1.165) is 16.6 Å². The minimum atomic E-state index is -0.00879. The highest BCUT2D eigenvalue weighted by atomic mass is 35.5. The first-order valence-corrected chi connectivity index (χ1v) is 6.68. The number of halogens is 1. The number of nitrogens with one attached hydrogen (secondary N) is 2. The summed E-state index contributed by atoms with van der Waals surface area (Å²) in [6, 6.07) is 7.87. The molecular weight excluding hydrogens is 276 g/mol. The van der Waals surface area contributed by atoms with Crippen LogP contribution in [0.2, 0.25) is 0 Å². The Hall–Kier alpha value is -1.59. The van der Waals surface area contributed by atoms with Gasteiger partial charge in [-0.1, -0.05) is 18.2 Å². The Morgan fingerprint density at radius 2 is 2.20 bits per heavy atom. The van der Waals surface area contributed by atoms with E-state index in [9.17, 15) is 4.79 Å². The van der Waals surface area contributed by atoms with Crippen molar-refractivity contribution >= 4 is 29.2 Å². The van der Waals surface area contributed by atoms with E-state index in [1.54, 1.807) is 0 Å². The molecule has 1 saturated carbocycles. The molecule has 20 heavy (non-hydrogen) atoms. The number of benzene rings is 1. The number of carbonyl (C=O) groups is 1. The molecule has 1 aromatic carbocycles. The number of nitrogens with two attached hydrogens (primary N) is 1. The Morgan fingerprint density at radius 3 is 2.95 bits per heavy atom. The van der Waals surface area contributed by atoms with Gasteiger partial charge in [0.15, 0.2) is 0 Å². The van der Waals surface area contributed by atoms with Crippen molar-refractivity contribution in [3.05, 3.63) is 30.0 Å². The number of aromatic nitrogens is 2. The summed E-state index contributed by atoms with van der Waals surface area (Å²) in [7, 11) is 0. The molecule has 2 aromatic rings. The minimum absolute atomic E-state index is 0. The van der Waals surface area contributed by atoms with Gasteiger partial charge >= 0.3 is 0 Å². The zero-order valence-electron chi connectivity index (χ0n) is 11.1. The second-order valence-electron chi connectivity index (χ2n) is 5.20. The Bertz CT molecular complexity index is 594. The van der Waals surface area contributed by atoms with Gasteiger partial charge in [-0.15, -0.1) is 12.4 Å². The molecule has 3 rings (SSSR count). The van der Waals surface area contributed by atoms with Crippen molar-refractivity contribution in [2.75, 3.05) is 6.54 Å². The molecule has 1 aliphatic rings. The van der Waals surface area contributed by atoms with E-state index in [-0.39, 0.29) is 24.4 Å². The van der Waals surface area contributed by atoms with E-state index in [2.05, 4.69) is 15.5 Å². The molecule has 0 radical (unpaired) electrons. The Balaban J connectivity index is 0.00000147. The monoisotopic (exact) mass is 294 g/mol. The fourth-order valence-corrected chi connectivity index (χ4v) is 2.29. The number of rotatable bonds is 5. The largest absolute Gasteiger partial charge is 0.354 e. The van der Waals surface area contributed by atoms with Gasteiger partial charge in [0, 0.05) is 18.0 Å². The van der Waals surface area contributed by atoms with Gasteiger partial charge in [-0.05, 0) is 24.8 Å². The summed E-state index contributed by atoms with van der Waals surface area (Å²) in [4.78, 5) is 11.9. The van der Waals surface area contributed by atoms with Crippen LogP contribution in [0.1, 0.15) is 18.5 Å². The van der Waals surface area contributed by atoms with Crippen molar-refractivity contribution in [1.82, 2.24) is 15.5 Å². The Morgan fingerprint density at radius 1 is 1.45 bits per heavy atom. The van der Waals surface area contributed by atoms with Crippen LogP contribution in [-0.4, -0.2) is 28.7 Å². The lowest BCUT2D eigenvalue weighted by atomic mass is 10.1. The number of amides is 1. The summed E-state index contributed by atoms with van der Waals surface area (Å²) >= 11 is 0. The highest BCUT2D eigenvalue weighted by Gasteiger charge is 2.28. The normalized spacial score (nSPS) is 15.7. The summed E-state index contributed by atoms with van der Waals surface area (Å²) in [5, 5.41) is 11.0. The van der Waals surface area contributed by atoms with Gasteiger partial charge in [0.05, 0.1) is 17.6 Å². The smallest absolute Gasteiger partial charge is 0.226 e. The van der Waals surface area contributed by atoms with Crippen LogP contribution >= 0.6 is 12.4 Å². The van der Waals surface area contributed by atoms with Gasteiger partial charge < -0.3 is 11.1 Å². The molecule has 1 unspecified atom stereocenters. The molecule has 1 heterocycles. The van der Waals surface area contributed by atoms with Crippen molar-refractivity contribution in [1.29, 1.82) is 0 Å². The summed E-state index contributed by atoms with van der Waals surface area (Å²) in [5.74, 6) is 0.596. The lowest BCUT2D eigenvalue weighted by Gasteiger charge is -2.11. The summed E-state index contributed by atoms with van der Waals surface area (Å²) in [5.41, 5.74) is 7.70. The van der Waals surface area contributed by atoms with Crippen LogP contribution in [0.15, 0.2) is 24.3 Å². The molecule has 0 spiro atoms. The van der Waals surface area contributed by atoms with E-state index >= 15 is 0 Å². The lowest BCUT2D eigenvalue weighted by molar-refractivity contribution is -0.120. The third-order valence-electron chi connectivity index (χ3n) is 3.64. The van der Waals surface area contributed by atoms with E-state index < -0.39 is 0 Å². The standard InChI is InChI=1S/C14H18N4O.ClH/c15-11(9-5-6-9)8-16-14(19)7-13-10-3-1-2-4-12(10)17-18-13;/h1-4,9,11H,5-8,15H2,(H,16,19)(H,17,18);1H. The van der Waals surface area contributed by atoms with Crippen LogP contribution < -0.4 is 11.1 Å². The maximum absolute atomic E-state index is 11.9. The molecular formula is C14H19ClN4O. The second kappa shape index (κ2) is 6.24. The average Bonchev–Trinajstić information content (AvgIpc) is 3.20. The molecule has 1 fully saturated rings. The molecule has 108 valence electrons. The quantitative estimate of drug-likeness (QED) is 0.779. The highest BCUT2D eigenvalue weighted by molar-refractivity contribution is 5.87. The Kier molecular flexibility index (Phi) is 4.62. The number of fused-ring (bicyclic) bond motifs is 1. The third kappa shape index (κ3) is 3.29. The average molecular weight is 295 g/mol. The maximum atomic E-state index is 11.9. The van der Waals surface area contributed by atoms with E-state index in [1.165, 1.54) is 12.8 Å². The van der Waals surface area contributed by atoms with Crippen LogP contribution in [0.25, 0.3) is 10.9 Å². The number of carbonyl (C=O) groups excluding carboxylic acids is 1. The number of hydrogen-bond donors (Lipinski definition) is 3. The summed E-state index contributed by atoms with van der Waals surface area (Å²) < 4.78 is 0. The number of hydrogen-bond acceptors (Lipinski definition) is 3. The van der Waals surface area contributed by atoms with Crippen LogP contribution in [0.3, 0.4) is 0 Å². The van der Waals surface area contributed by atoms with Crippen LogP contribution in [0.4, 0.5) is 0 Å². The molecule has 4 N–H and O–H groups in total. The molecule has 0 bridgehead atoms. The third-order valence-corrected chi connectivity index (χ3v) is 3.64. The predicted molar refractivity (Wildman–Crippen MR) is 80.8 cm³/mol. The summed E-state index contributed by atoms with van der Waals surface area (Å²) in [6.45, 7) is 0.565. The lowest BCUT2D eigenvalue weighted by Crippen LogP contribution is -2.39. The van der Waals surface area contributed by atoms with Gasteiger partial charge in [0.25, 0.3) is 0 Å². The number of nitrogens with zero attached hydrogens (tertiary/aromatic N) is 1. The van der Waals surface area contributed by atoms with E-state index in [4.69, 9.17) is 5.73 Å². The topological polar surface area (TPSA) is 83.8 Å². The minimum Gasteiger partial charge on any atom is -0.354 e. The van der Waals surface area contributed by atoms with Crippen molar-refractivity contribution in [3.8, 4) is 0 Å². The number of aromatic amines is 1. The van der Waals surface area contributed by atoms with Crippen LogP contribution in [-0.2, 0) is 11.2 Å². The first-order valence-electron chi connectivity index (χ1n) is 6.68. The molecule has 1 aliphatic carbocycles. The van der Waals surface area contributed by atoms with Gasteiger partial charge in [-0.2, -0.15) is 5.10 Å². The number of H-pyrrole nitrogens is 1. The molecule has 1 atom stereocenters. The van der Waals surface area contributed by atoms with Crippen LogP contribution in [0, 0.1) is 5.92 Å². The van der Waals surface area contributed by atoms with Crippen LogP contribution in [0.5, 0.6) is 0 Å². The molecule has 0 aliphatic heterocycles. The molecule has 1 aromatic heterocycles. The van der Waals surface area contributed by atoms with E-state index in [1.807, 2.05) is 24.3 Å². The van der Waals surface area contributed by atoms with Crippen molar-refractivity contribution in [3.63, 3.8) is 0 Å². The van der Waals surface area contributed by atoms with Crippen molar-refractivity contribution in [2.24, 2.45) is 11.7 Å². The first kappa shape index (κ1) is 14.8. The SMILES string of the molecule is Cl.NC(CNC(=O)Cc1[nH]nc2ccccc12)C1CC1. The summed E-state index contributed by atoms with van der Waals surface area (Å²) in [6.07, 6.45) is 2.71. The van der Waals surface area contributed by atoms with Gasteiger partial charge in [0.1, 0.15) is 0 Å². The molecule has 5 nitrogen and oxygen atoms in total.